The van der Waals surface area contributed by atoms with E-state index in [4.69, 9.17) is 16.3 Å². The highest BCUT2D eigenvalue weighted by Crippen LogP contribution is 2.17. The second kappa shape index (κ2) is 5.21. The van der Waals surface area contributed by atoms with E-state index in [-0.39, 0.29) is 0 Å². The first kappa shape index (κ1) is 12.8. The van der Waals surface area contributed by atoms with Gasteiger partial charge >= 0.3 is 6.09 Å². The Balaban J connectivity index is 2.55. The van der Waals surface area contributed by atoms with Crippen molar-refractivity contribution in [3.05, 3.63) is 29.3 Å². The van der Waals surface area contributed by atoms with E-state index >= 15 is 0 Å². The number of halogens is 1. The van der Waals surface area contributed by atoms with Crippen molar-refractivity contribution in [2.75, 3.05) is 5.32 Å². The monoisotopic (exact) mass is 241 g/mol. The minimum Gasteiger partial charge on any atom is -0.443 e. The van der Waals surface area contributed by atoms with E-state index in [2.05, 4.69) is 5.32 Å². The van der Waals surface area contributed by atoms with Crippen molar-refractivity contribution in [1.29, 1.82) is 0 Å². The summed E-state index contributed by atoms with van der Waals surface area (Å²) in [5.74, 6) is 0. The van der Waals surface area contributed by atoms with Crippen LogP contribution in [0.5, 0.6) is 0 Å². The Morgan fingerprint density at radius 1 is 1.38 bits per heavy atom. The molecule has 0 bridgehead atoms. The molecule has 0 unspecified atom stereocenters. The van der Waals surface area contributed by atoms with Gasteiger partial charge in [-0.05, 0) is 44.5 Å². The normalized spacial score (nSPS) is 11.0. The van der Waals surface area contributed by atoms with Gasteiger partial charge in [-0.3, -0.25) is 5.32 Å². The Morgan fingerprint density at radius 2 is 1.94 bits per heavy atom. The summed E-state index contributed by atoms with van der Waals surface area (Å²) in [6, 6.07) is 6.87. The first-order chi connectivity index (χ1) is 7.43. The number of carbonyl (C=O) groups is 1. The zero-order chi connectivity index (χ0) is 12.2. The second-order valence-corrected chi connectivity index (χ2v) is 4.57. The van der Waals surface area contributed by atoms with Crippen molar-refractivity contribution in [1.82, 2.24) is 0 Å². The van der Waals surface area contributed by atoms with Gasteiger partial charge in [0.25, 0.3) is 0 Å². The molecule has 1 aromatic rings. The summed E-state index contributed by atoms with van der Waals surface area (Å²) >= 11 is 5.73. The van der Waals surface area contributed by atoms with Crippen LogP contribution in [-0.4, -0.2) is 11.7 Å². The molecule has 4 heteroatoms. The fourth-order valence-corrected chi connectivity index (χ4v) is 1.13. The Kier molecular flexibility index (Phi) is 4.19. The molecule has 0 fully saturated rings. The highest BCUT2D eigenvalue weighted by Gasteiger charge is 2.20. The molecule has 0 atom stereocenters. The van der Waals surface area contributed by atoms with E-state index in [0.29, 0.717) is 10.7 Å². The van der Waals surface area contributed by atoms with Gasteiger partial charge in [0.05, 0.1) is 0 Å². The first-order valence-electron chi connectivity index (χ1n) is 5.18. The molecule has 1 amide bonds. The molecule has 0 aliphatic rings. The van der Waals surface area contributed by atoms with Crippen LogP contribution in [0.3, 0.4) is 0 Å². The first-order valence-corrected chi connectivity index (χ1v) is 5.56. The standard InChI is InChI=1S/C12H16ClNO2/c1-4-12(2,3)16-11(15)14-10-7-5-9(13)6-8-10/h5-8H,4H2,1-3H3,(H,14,15). The molecule has 0 heterocycles. The number of carbonyl (C=O) groups excluding carboxylic acids is 1. The number of benzene rings is 1. The van der Waals surface area contributed by atoms with Crippen LogP contribution in [0.2, 0.25) is 5.02 Å². The number of rotatable bonds is 3. The van der Waals surface area contributed by atoms with Crippen LogP contribution in [0.15, 0.2) is 24.3 Å². The van der Waals surface area contributed by atoms with Crippen LogP contribution in [0.4, 0.5) is 10.5 Å². The number of hydrogen-bond donors (Lipinski definition) is 1. The molecule has 0 saturated carbocycles. The number of ether oxygens (including phenoxy) is 1. The zero-order valence-corrected chi connectivity index (χ0v) is 10.5. The lowest BCUT2D eigenvalue weighted by atomic mass is 10.1. The van der Waals surface area contributed by atoms with Crippen LogP contribution in [0.25, 0.3) is 0 Å². The second-order valence-electron chi connectivity index (χ2n) is 4.13. The van der Waals surface area contributed by atoms with Crippen molar-refractivity contribution in [3.8, 4) is 0 Å². The van der Waals surface area contributed by atoms with E-state index in [9.17, 15) is 4.79 Å². The maximum Gasteiger partial charge on any atom is 0.412 e. The third-order valence-electron chi connectivity index (χ3n) is 2.31. The lowest BCUT2D eigenvalue weighted by molar-refractivity contribution is 0.0462. The molecule has 88 valence electrons. The van der Waals surface area contributed by atoms with Crippen molar-refractivity contribution in [2.45, 2.75) is 32.8 Å². The lowest BCUT2D eigenvalue weighted by Gasteiger charge is -2.23. The Bertz CT molecular complexity index is 360. The fourth-order valence-electron chi connectivity index (χ4n) is 1.000. The van der Waals surface area contributed by atoms with Gasteiger partial charge in [-0.1, -0.05) is 18.5 Å². The van der Waals surface area contributed by atoms with E-state index < -0.39 is 11.7 Å². The minimum atomic E-state index is -0.450. The SMILES string of the molecule is CCC(C)(C)OC(=O)Nc1ccc(Cl)cc1. The molecular formula is C12H16ClNO2. The average Bonchev–Trinajstić information content (AvgIpc) is 2.21. The Labute approximate surface area is 101 Å². The highest BCUT2D eigenvalue weighted by molar-refractivity contribution is 6.30. The van der Waals surface area contributed by atoms with Gasteiger partial charge in [0, 0.05) is 10.7 Å². The van der Waals surface area contributed by atoms with E-state index in [1.807, 2.05) is 20.8 Å². The molecule has 0 radical (unpaired) electrons. The van der Waals surface area contributed by atoms with Crippen LogP contribution in [-0.2, 0) is 4.74 Å². The number of nitrogens with one attached hydrogen (secondary N) is 1. The van der Waals surface area contributed by atoms with E-state index in [0.717, 1.165) is 6.42 Å². The third kappa shape index (κ3) is 4.11. The topological polar surface area (TPSA) is 38.3 Å². The summed E-state index contributed by atoms with van der Waals surface area (Å²) < 4.78 is 5.24. The van der Waals surface area contributed by atoms with Gasteiger partial charge in [0.1, 0.15) is 5.60 Å². The quantitative estimate of drug-likeness (QED) is 0.866. The predicted octanol–water partition coefficient (Wildman–Crippen LogP) is 4.08. The number of amides is 1. The maximum atomic E-state index is 11.5. The van der Waals surface area contributed by atoms with E-state index in [1.165, 1.54) is 0 Å². The number of hydrogen-bond acceptors (Lipinski definition) is 2. The van der Waals surface area contributed by atoms with Gasteiger partial charge in [-0.25, -0.2) is 4.79 Å². The predicted molar refractivity (Wildman–Crippen MR) is 65.9 cm³/mol. The summed E-state index contributed by atoms with van der Waals surface area (Å²) in [4.78, 5) is 11.5. The molecule has 16 heavy (non-hydrogen) atoms. The van der Waals surface area contributed by atoms with Crippen LogP contribution in [0.1, 0.15) is 27.2 Å². The van der Waals surface area contributed by atoms with Gasteiger partial charge < -0.3 is 4.74 Å². The molecule has 0 aromatic heterocycles. The molecular weight excluding hydrogens is 226 g/mol. The zero-order valence-electron chi connectivity index (χ0n) is 9.71. The van der Waals surface area contributed by atoms with Crippen LogP contribution in [0, 0.1) is 0 Å². The summed E-state index contributed by atoms with van der Waals surface area (Å²) in [6.45, 7) is 5.71. The van der Waals surface area contributed by atoms with Gasteiger partial charge in [0.15, 0.2) is 0 Å². The molecule has 1 aromatic carbocycles. The van der Waals surface area contributed by atoms with E-state index in [1.54, 1.807) is 24.3 Å². The lowest BCUT2D eigenvalue weighted by Crippen LogP contribution is -2.29. The van der Waals surface area contributed by atoms with Crippen LogP contribution < -0.4 is 5.32 Å². The van der Waals surface area contributed by atoms with Crippen molar-refractivity contribution in [2.24, 2.45) is 0 Å². The number of anilines is 1. The average molecular weight is 242 g/mol. The molecule has 0 spiro atoms. The van der Waals surface area contributed by atoms with Crippen molar-refractivity contribution >= 4 is 23.4 Å². The van der Waals surface area contributed by atoms with Gasteiger partial charge in [-0.15, -0.1) is 0 Å². The molecule has 0 saturated heterocycles. The van der Waals surface area contributed by atoms with Crippen molar-refractivity contribution < 1.29 is 9.53 Å². The highest BCUT2D eigenvalue weighted by atomic mass is 35.5. The fraction of sp³-hybridized carbons (Fsp3) is 0.417. The smallest absolute Gasteiger partial charge is 0.412 e. The Morgan fingerprint density at radius 3 is 2.44 bits per heavy atom. The molecule has 1 N–H and O–H groups in total. The van der Waals surface area contributed by atoms with Crippen molar-refractivity contribution in [3.63, 3.8) is 0 Å². The van der Waals surface area contributed by atoms with Crippen LogP contribution >= 0.6 is 11.6 Å². The maximum absolute atomic E-state index is 11.5. The summed E-state index contributed by atoms with van der Waals surface area (Å²) in [5.41, 5.74) is 0.220. The molecule has 0 aliphatic heterocycles. The van der Waals surface area contributed by atoms with Gasteiger partial charge in [-0.2, -0.15) is 0 Å². The van der Waals surface area contributed by atoms with Gasteiger partial charge in [0.2, 0.25) is 0 Å². The Hall–Kier alpha value is -1.22. The summed E-state index contributed by atoms with van der Waals surface area (Å²) in [7, 11) is 0. The molecule has 3 nitrogen and oxygen atoms in total. The summed E-state index contributed by atoms with van der Waals surface area (Å²) in [5, 5.41) is 3.27. The molecule has 1 rings (SSSR count). The third-order valence-corrected chi connectivity index (χ3v) is 2.56. The minimum absolute atomic E-state index is 0.448. The summed E-state index contributed by atoms with van der Waals surface area (Å²) in [6.07, 6.45) is 0.315. The molecule has 0 aliphatic carbocycles. The largest absolute Gasteiger partial charge is 0.443 e.